The fourth-order valence-electron chi connectivity index (χ4n) is 1.59. The predicted octanol–water partition coefficient (Wildman–Crippen LogP) is 1.08. The molecule has 3 nitrogen and oxygen atoms in total. The van der Waals surface area contributed by atoms with Crippen LogP contribution in [0.15, 0.2) is 0 Å². The van der Waals surface area contributed by atoms with E-state index >= 15 is 0 Å². The maximum Gasteiger partial charge on any atom is 0.226 e. The summed E-state index contributed by atoms with van der Waals surface area (Å²) in [6, 6.07) is 0. The number of carbonyl (C=O) groups is 2. The summed E-state index contributed by atoms with van der Waals surface area (Å²) < 4.78 is 0. The number of likely N-dealkylation sites (tertiary alicyclic amines) is 1. The molecule has 0 saturated carbocycles. The molecule has 2 unspecified atom stereocenters. The highest BCUT2D eigenvalue weighted by Gasteiger charge is 2.34. The van der Waals surface area contributed by atoms with Crippen LogP contribution in [0.3, 0.4) is 0 Å². The number of amides is 1. The van der Waals surface area contributed by atoms with Crippen LogP contribution in [-0.4, -0.2) is 29.7 Å². The summed E-state index contributed by atoms with van der Waals surface area (Å²) >= 11 is 0. The molecule has 1 fully saturated rings. The molecule has 74 valence electrons. The highest BCUT2D eigenvalue weighted by Crippen LogP contribution is 2.23. The maximum absolute atomic E-state index is 11.5. The van der Waals surface area contributed by atoms with Crippen LogP contribution < -0.4 is 0 Å². The summed E-state index contributed by atoms with van der Waals surface area (Å²) in [5, 5.41) is 0. The van der Waals surface area contributed by atoms with Crippen molar-refractivity contribution in [3.8, 4) is 0 Å². The van der Waals surface area contributed by atoms with E-state index in [1.54, 1.807) is 4.90 Å². The van der Waals surface area contributed by atoms with Crippen LogP contribution in [0.25, 0.3) is 0 Å². The lowest BCUT2D eigenvalue weighted by atomic mass is 10.0. The van der Waals surface area contributed by atoms with Crippen molar-refractivity contribution >= 4 is 11.7 Å². The minimum atomic E-state index is 0.0876. The van der Waals surface area contributed by atoms with Gasteiger partial charge in [-0.3, -0.25) is 9.59 Å². The van der Waals surface area contributed by atoms with Crippen molar-refractivity contribution in [2.45, 2.75) is 27.2 Å². The van der Waals surface area contributed by atoms with E-state index < -0.39 is 0 Å². The number of nitrogens with zero attached hydrogens (tertiary/aromatic N) is 1. The molecule has 13 heavy (non-hydrogen) atoms. The molecular weight excluding hydrogens is 166 g/mol. The predicted molar refractivity (Wildman–Crippen MR) is 50.2 cm³/mol. The van der Waals surface area contributed by atoms with E-state index in [9.17, 15) is 9.59 Å². The molecule has 1 aliphatic heterocycles. The lowest BCUT2D eigenvalue weighted by molar-refractivity contribution is -0.134. The minimum Gasteiger partial charge on any atom is -0.335 e. The molecule has 1 rings (SSSR count). The summed E-state index contributed by atoms with van der Waals surface area (Å²) in [6.07, 6.45) is 0.520. The first-order valence-electron chi connectivity index (χ1n) is 4.86. The number of carbonyl (C=O) groups excluding carboxylic acids is 2. The third kappa shape index (κ3) is 2.08. The summed E-state index contributed by atoms with van der Waals surface area (Å²) in [6.45, 7) is 6.87. The van der Waals surface area contributed by atoms with Gasteiger partial charge in [0.2, 0.25) is 5.91 Å². The van der Waals surface area contributed by atoms with Gasteiger partial charge in [0.15, 0.2) is 5.78 Å². The molecule has 3 heteroatoms. The number of ketones is 1. The molecule has 2 atom stereocenters. The Hall–Kier alpha value is -0.860. The van der Waals surface area contributed by atoms with Gasteiger partial charge < -0.3 is 4.90 Å². The van der Waals surface area contributed by atoms with Gasteiger partial charge in [0.1, 0.15) is 0 Å². The SMILES string of the molecule is CCC(=O)CN1CC(C)C(C)C1=O. The zero-order valence-electron chi connectivity index (χ0n) is 8.54. The van der Waals surface area contributed by atoms with Crippen LogP contribution in [0.1, 0.15) is 27.2 Å². The largest absolute Gasteiger partial charge is 0.335 e. The molecule has 0 bridgehead atoms. The quantitative estimate of drug-likeness (QED) is 0.656. The average molecular weight is 183 g/mol. The molecule has 1 heterocycles. The van der Waals surface area contributed by atoms with Gasteiger partial charge in [-0.15, -0.1) is 0 Å². The van der Waals surface area contributed by atoms with Gasteiger partial charge >= 0.3 is 0 Å². The Bertz CT molecular complexity index is 225. The average Bonchev–Trinajstić information content (AvgIpc) is 2.34. The summed E-state index contributed by atoms with van der Waals surface area (Å²) in [7, 11) is 0. The fraction of sp³-hybridized carbons (Fsp3) is 0.800. The van der Waals surface area contributed by atoms with E-state index in [2.05, 4.69) is 6.92 Å². The van der Waals surface area contributed by atoms with Crippen LogP contribution in [-0.2, 0) is 9.59 Å². The molecule has 0 spiro atoms. The van der Waals surface area contributed by atoms with Crippen LogP contribution >= 0.6 is 0 Å². The molecule has 0 aromatic heterocycles. The van der Waals surface area contributed by atoms with E-state index in [4.69, 9.17) is 0 Å². The van der Waals surface area contributed by atoms with Gasteiger partial charge in [-0.05, 0) is 5.92 Å². The highest BCUT2D eigenvalue weighted by molar-refractivity contribution is 5.88. The van der Waals surface area contributed by atoms with Gasteiger partial charge in [-0.2, -0.15) is 0 Å². The van der Waals surface area contributed by atoms with Crippen molar-refractivity contribution in [2.75, 3.05) is 13.1 Å². The van der Waals surface area contributed by atoms with Gasteiger partial charge in [-0.25, -0.2) is 0 Å². The standard InChI is InChI=1S/C10H17NO2/c1-4-9(12)6-11-5-7(2)8(3)10(11)13/h7-8H,4-6H2,1-3H3. The van der Waals surface area contributed by atoms with Gasteiger partial charge in [-0.1, -0.05) is 20.8 Å². The lowest BCUT2D eigenvalue weighted by Gasteiger charge is -2.14. The van der Waals surface area contributed by atoms with Crippen molar-refractivity contribution in [3.63, 3.8) is 0 Å². The monoisotopic (exact) mass is 183 g/mol. The van der Waals surface area contributed by atoms with Crippen LogP contribution in [0.2, 0.25) is 0 Å². The smallest absolute Gasteiger partial charge is 0.226 e. The number of hydrogen-bond donors (Lipinski definition) is 0. The summed E-state index contributed by atoms with van der Waals surface area (Å²) in [5.41, 5.74) is 0. The zero-order chi connectivity index (χ0) is 10.0. The Morgan fingerprint density at radius 1 is 1.54 bits per heavy atom. The molecule has 1 saturated heterocycles. The fourth-order valence-corrected chi connectivity index (χ4v) is 1.59. The molecule has 0 aromatic rings. The molecular formula is C10H17NO2. The van der Waals surface area contributed by atoms with E-state index in [1.165, 1.54) is 0 Å². The van der Waals surface area contributed by atoms with Crippen LogP contribution in [0.5, 0.6) is 0 Å². The Balaban J connectivity index is 2.54. The minimum absolute atomic E-state index is 0.0876. The van der Waals surface area contributed by atoms with Gasteiger partial charge in [0.25, 0.3) is 0 Å². The Morgan fingerprint density at radius 3 is 2.54 bits per heavy atom. The lowest BCUT2D eigenvalue weighted by Crippen LogP contribution is -2.31. The van der Waals surface area contributed by atoms with E-state index in [-0.39, 0.29) is 17.6 Å². The van der Waals surface area contributed by atoms with E-state index in [0.29, 0.717) is 18.9 Å². The first-order chi connectivity index (χ1) is 6.06. The third-order valence-electron chi connectivity index (χ3n) is 2.82. The second kappa shape index (κ2) is 3.90. The van der Waals surface area contributed by atoms with Crippen LogP contribution in [0.4, 0.5) is 0 Å². The van der Waals surface area contributed by atoms with Crippen molar-refractivity contribution < 1.29 is 9.59 Å². The van der Waals surface area contributed by atoms with Crippen LogP contribution in [0, 0.1) is 11.8 Å². The number of rotatable bonds is 3. The third-order valence-corrected chi connectivity index (χ3v) is 2.82. The van der Waals surface area contributed by atoms with Crippen molar-refractivity contribution in [3.05, 3.63) is 0 Å². The Kier molecular flexibility index (Phi) is 3.07. The van der Waals surface area contributed by atoms with Crippen molar-refractivity contribution in [2.24, 2.45) is 11.8 Å². The second-order valence-corrected chi connectivity index (χ2v) is 3.88. The van der Waals surface area contributed by atoms with Crippen molar-refractivity contribution in [1.82, 2.24) is 4.90 Å². The maximum atomic E-state index is 11.5. The second-order valence-electron chi connectivity index (χ2n) is 3.88. The Labute approximate surface area is 79.1 Å². The van der Waals surface area contributed by atoms with Crippen molar-refractivity contribution in [1.29, 1.82) is 0 Å². The highest BCUT2D eigenvalue weighted by atomic mass is 16.2. The first-order valence-corrected chi connectivity index (χ1v) is 4.86. The topological polar surface area (TPSA) is 37.4 Å². The summed E-state index contributed by atoms with van der Waals surface area (Å²) in [5.74, 6) is 0.755. The Morgan fingerprint density at radius 2 is 2.15 bits per heavy atom. The van der Waals surface area contributed by atoms with E-state index in [1.807, 2.05) is 13.8 Å². The molecule has 0 N–H and O–H groups in total. The molecule has 0 aliphatic carbocycles. The molecule has 1 amide bonds. The van der Waals surface area contributed by atoms with E-state index in [0.717, 1.165) is 6.54 Å². The zero-order valence-corrected chi connectivity index (χ0v) is 8.54. The van der Waals surface area contributed by atoms with Gasteiger partial charge in [0.05, 0.1) is 6.54 Å². The normalized spacial score (nSPS) is 28.2. The van der Waals surface area contributed by atoms with Gasteiger partial charge in [0, 0.05) is 18.9 Å². The first kappa shape index (κ1) is 10.2. The molecule has 0 radical (unpaired) electrons. The molecule has 1 aliphatic rings. The molecule has 0 aromatic carbocycles. The number of hydrogen-bond acceptors (Lipinski definition) is 2. The summed E-state index contributed by atoms with van der Waals surface area (Å²) in [4.78, 5) is 24.4. The number of Topliss-reactive ketones (excluding diaryl/α,β-unsaturated/α-hetero) is 1.